The second-order valence-electron chi connectivity index (χ2n) is 5.29. The molecule has 1 heterocycles. The second kappa shape index (κ2) is 6.68. The lowest BCUT2D eigenvalue weighted by Crippen LogP contribution is -2.42. The molecule has 1 aliphatic rings. The molecular formula is C15H22N2O2. The first-order valence-electron chi connectivity index (χ1n) is 6.89. The van der Waals surface area contributed by atoms with Crippen LogP contribution in [0.2, 0.25) is 0 Å². The van der Waals surface area contributed by atoms with Gasteiger partial charge in [0.05, 0.1) is 5.92 Å². The van der Waals surface area contributed by atoms with Crippen LogP contribution in [0.4, 0.5) is 0 Å². The Labute approximate surface area is 114 Å². The molecule has 104 valence electrons. The smallest absolute Gasteiger partial charge is 0.306 e. The van der Waals surface area contributed by atoms with Crippen molar-refractivity contribution in [2.24, 2.45) is 5.92 Å². The minimum absolute atomic E-state index is 0.320. The molecular weight excluding hydrogens is 240 g/mol. The number of nitrogens with zero attached hydrogens (tertiary/aromatic N) is 1. The third-order valence-corrected chi connectivity index (χ3v) is 3.60. The molecule has 0 spiro atoms. The molecule has 2 N–H and O–H groups in total. The number of hydrogen-bond donors (Lipinski definition) is 2. The molecule has 1 aromatic rings. The first kappa shape index (κ1) is 14.0. The van der Waals surface area contributed by atoms with Crippen LogP contribution in [-0.4, -0.2) is 42.2 Å². The Morgan fingerprint density at radius 2 is 1.84 bits per heavy atom. The number of carboxylic acid groups (broad SMARTS) is 1. The number of benzene rings is 1. The van der Waals surface area contributed by atoms with Crippen molar-refractivity contribution in [2.45, 2.75) is 19.9 Å². The third kappa shape index (κ3) is 4.33. The van der Waals surface area contributed by atoms with Crippen LogP contribution in [0.3, 0.4) is 0 Å². The summed E-state index contributed by atoms with van der Waals surface area (Å²) in [7, 11) is 0. The van der Waals surface area contributed by atoms with E-state index in [1.165, 1.54) is 5.56 Å². The quantitative estimate of drug-likeness (QED) is 0.841. The monoisotopic (exact) mass is 262 g/mol. The molecule has 1 atom stereocenters. The fourth-order valence-corrected chi connectivity index (χ4v) is 2.35. The molecule has 0 aliphatic carbocycles. The topological polar surface area (TPSA) is 52.6 Å². The van der Waals surface area contributed by atoms with Gasteiger partial charge in [0.2, 0.25) is 0 Å². The van der Waals surface area contributed by atoms with Gasteiger partial charge in [0.1, 0.15) is 0 Å². The Morgan fingerprint density at radius 3 is 2.42 bits per heavy atom. The Balaban J connectivity index is 1.88. The molecule has 2 rings (SSSR count). The van der Waals surface area contributed by atoms with E-state index in [4.69, 9.17) is 5.11 Å². The van der Waals surface area contributed by atoms with Crippen molar-refractivity contribution in [1.82, 2.24) is 10.2 Å². The molecule has 4 heteroatoms. The first-order chi connectivity index (χ1) is 9.15. The SMILES string of the molecule is CC(Cc1ccc(CN2CCNCC2)cc1)C(=O)O. The van der Waals surface area contributed by atoms with Crippen molar-refractivity contribution >= 4 is 5.97 Å². The maximum absolute atomic E-state index is 10.8. The van der Waals surface area contributed by atoms with Gasteiger partial charge in [0, 0.05) is 32.7 Å². The van der Waals surface area contributed by atoms with Crippen molar-refractivity contribution < 1.29 is 9.90 Å². The molecule has 4 nitrogen and oxygen atoms in total. The van der Waals surface area contributed by atoms with Gasteiger partial charge in [-0.25, -0.2) is 0 Å². The Hall–Kier alpha value is -1.39. The van der Waals surface area contributed by atoms with Gasteiger partial charge in [0.15, 0.2) is 0 Å². The van der Waals surface area contributed by atoms with Crippen molar-refractivity contribution in [3.05, 3.63) is 35.4 Å². The van der Waals surface area contributed by atoms with Crippen LogP contribution in [0.1, 0.15) is 18.1 Å². The number of rotatable bonds is 5. The van der Waals surface area contributed by atoms with Crippen molar-refractivity contribution in [3.8, 4) is 0 Å². The highest BCUT2D eigenvalue weighted by atomic mass is 16.4. The van der Waals surface area contributed by atoms with Gasteiger partial charge in [-0.3, -0.25) is 9.69 Å². The minimum atomic E-state index is -0.732. The summed E-state index contributed by atoms with van der Waals surface area (Å²) in [6.45, 7) is 7.05. The van der Waals surface area contributed by atoms with Crippen LogP contribution in [0.5, 0.6) is 0 Å². The lowest BCUT2D eigenvalue weighted by molar-refractivity contribution is -0.141. The minimum Gasteiger partial charge on any atom is -0.481 e. The van der Waals surface area contributed by atoms with E-state index in [0.717, 1.165) is 38.3 Å². The van der Waals surface area contributed by atoms with Crippen molar-refractivity contribution in [2.75, 3.05) is 26.2 Å². The number of carbonyl (C=O) groups is 1. The largest absolute Gasteiger partial charge is 0.481 e. The molecule has 0 bridgehead atoms. The maximum atomic E-state index is 10.8. The average Bonchev–Trinajstić information content (AvgIpc) is 2.42. The average molecular weight is 262 g/mol. The van der Waals surface area contributed by atoms with Gasteiger partial charge >= 0.3 is 5.97 Å². The molecule has 0 aromatic heterocycles. The summed E-state index contributed by atoms with van der Waals surface area (Å²) < 4.78 is 0. The van der Waals surface area contributed by atoms with Crippen molar-refractivity contribution in [3.63, 3.8) is 0 Å². The van der Waals surface area contributed by atoms with E-state index in [0.29, 0.717) is 6.42 Å². The number of nitrogens with one attached hydrogen (secondary N) is 1. The number of carboxylic acids is 1. The zero-order valence-electron chi connectivity index (χ0n) is 11.4. The summed E-state index contributed by atoms with van der Waals surface area (Å²) >= 11 is 0. The number of aliphatic carboxylic acids is 1. The Morgan fingerprint density at radius 1 is 1.26 bits per heavy atom. The predicted octanol–water partition coefficient (Wildman–Crippen LogP) is 1.35. The standard InChI is InChI=1S/C15H22N2O2/c1-12(15(18)19)10-13-2-4-14(5-3-13)11-17-8-6-16-7-9-17/h2-5,12,16H,6-11H2,1H3,(H,18,19). The third-order valence-electron chi connectivity index (χ3n) is 3.60. The number of hydrogen-bond acceptors (Lipinski definition) is 3. The number of piperazine rings is 1. The van der Waals surface area contributed by atoms with E-state index in [1.807, 2.05) is 0 Å². The fraction of sp³-hybridized carbons (Fsp3) is 0.533. The van der Waals surface area contributed by atoms with E-state index in [-0.39, 0.29) is 5.92 Å². The van der Waals surface area contributed by atoms with E-state index in [9.17, 15) is 4.79 Å². The lowest BCUT2D eigenvalue weighted by atomic mass is 10.0. The van der Waals surface area contributed by atoms with E-state index < -0.39 is 5.97 Å². The molecule has 1 fully saturated rings. The highest BCUT2D eigenvalue weighted by molar-refractivity contribution is 5.69. The molecule has 1 unspecified atom stereocenters. The van der Waals surface area contributed by atoms with Gasteiger partial charge in [-0.2, -0.15) is 0 Å². The molecule has 0 saturated carbocycles. The summed E-state index contributed by atoms with van der Waals surface area (Å²) in [6, 6.07) is 8.34. The van der Waals surface area contributed by atoms with Crippen LogP contribution in [0.25, 0.3) is 0 Å². The molecule has 1 aliphatic heterocycles. The van der Waals surface area contributed by atoms with Crippen LogP contribution >= 0.6 is 0 Å². The molecule has 19 heavy (non-hydrogen) atoms. The summed E-state index contributed by atoms with van der Waals surface area (Å²) in [5.74, 6) is -1.05. The van der Waals surface area contributed by atoms with Crippen LogP contribution in [-0.2, 0) is 17.8 Å². The maximum Gasteiger partial charge on any atom is 0.306 e. The first-order valence-corrected chi connectivity index (χ1v) is 6.89. The normalized spacial score (nSPS) is 18.2. The van der Waals surface area contributed by atoms with Gasteiger partial charge < -0.3 is 10.4 Å². The summed E-state index contributed by atoms with van der Waals surface area (Å²) in [5.41, 5.74) is 2.40. The highest BCUT2D eigenvalue weighted by Crippen LogP contribution is 2.12. The Kier molecular flexibility index (Phi) is 4.93. The van der Waals surface area contributed by atoms with Gasteiger partial charge in [-0.1, -0.05) is 31.2 Å². The molecule has 1 aromatic carbocycles. The zero-order chi connectivity index (χ0) is 13.7. The summed E-state index contributed by atoms with van der Waals surface area (Å²) in [6.07, 6.45) is 0.600. The summed E-state index contributed by atoms with van der Waals surface area (Å²) in [5, 5.41) is 12.2. The molecule has 0 amide bonds. The molecule has 1 saturated heterocycles. The highest BCUT2D eigenvalue weighted by Gasteiger charge is 2.12. The second-order valence-corrected chi connectivity index (χ2v) is 5.29. The lowest BCUT2D eigenvalue weighted by Gasteiger charge is -2.27. The van der Waals surface area contributed by atoms with Crippen LogP contribution < -0.4 is 5.32 Å². The summed E-state index contributed by atoms with van der Waals surface area (Å²) in [4.78, 5) is 13.3. The fourth-order valence-electron chi connectivity index (χ4n) is 2.35. The van der Waals surface area contributed by atoms with Gasteiger partial charge in [-0.15, -0.1) is 0 Å². The predicted molar refractivity (Wildman–Crippen MR) is 75.1 cm³/mol. The molecule has 0 radical (unpaired) electrons. The van der Waals surface area contributed by atoms with Gasteiger partial charge in [0.25, 0.3) is 0 Å². The van der Waals surface area contributed by atoms with Crippen molar-refractivity contribution in [1.29, 1.82) is 0 Å². The van der Waals surface area contributed by atoms with Gasteiger partial charge in [-0.05, 0) is 17.5 Å². The zero-order valence-corrected chi connectivity index (χ0v) is 11.4. The van der Waals surface area contributed by atoms with E-state index in [1.54, 1.807) is 6.92 Å². The Bertz CT molecular complexity index is 411. The van der Waals surface area contributed by atoms with E-state index in [2.05, 4.69) is 34.5 Å². The van der Waals surface area contributed by atoms with Crippen LogP contribution in [0, 0.1) is 5.92 Å². The van der Waals surface area contributed by atoms with Crippen LogP contribution in [0.15, 0.2) is 24.3 Å². The van der Waals surface area contributed by atoms with E-state index >= 15 is 0 Å².